The molecule has 4 nitrogen and oxygen atoms in total. The first-order chi connectivity index (χ1) is 9.69. The molecule has 4 rings (SSSR count). The van der Waals surface area contributed by atoms with E-state index in [1.165, 1.54) is 7.11 Å². The maximum Gasteiger partial charge on any atom is 0.167 e. The number of hydrogen-bond acceptors (Lipinski definition) is 4. The zero-order valence-corrected chi connectivity index (χ0v) is 10.8. The second-order valence-electron chi connectivity index (χ2n) is 4.90. The SMILES string of the molecule is COc1c(O)cc2ccc3cc(O)cc4c3c2c1CO4. The average Bonchev–Trinajstić information content (AvgIpc) is 2.43. The highest BCUT2D eigenvalue weighted by Crippen LogP contribution is 2.46. The molecule has 0 saturated carbocycles. The number of hydrogen-bond donors (Lipinski definition) is 2. The van der Waals surface area contributed by atoms with E-state index in [0.717, 1.165) is 27.1 Å². The Morgan fingerprint density at radius 3 is 2.55 bits per heavy atom. The Morgan fingerprint density at radius 1 is 1.05 bits per heavy atom. The number of benzene rings is 3. The van der Waals surface area contributed by atoms with Crippen LogP contribution in [0.1, 0.15) is 5.56 Å². The van der Waals surface area contributed by atoms with Crippen molar-refractivity contribution in [2.75, 3.05) is 7.11 Å². The van der Waals surface area contributed by atoms with Gasteiger partial charge < -0.3 is 19.7 Å². The lowest BCUT2D eigenvalue weighted by molar-refractivity contribution is 0.293. The Morgan fingerprint density at radius 2 is 1.80 bits per heavy atom. The first kappa shape index (κ1) is 11.2. The van der Waals surface area contributed by atoms with Gasteiger partial charge in [-0.1, -0.05) is 12.1 Å². The first-order valence-corrected chi connectivity index (χ1v) is 6.30. The van der Waals surface area contributed by atoms with E-state index >= 15 is 0 Å². The van der Waals surface area contributed by atoms with Gasteiger partial charge >= 0.3 is 0 Å². The molecular formula is C16H12O4. The number of phenols is 2. The van der Waals surface area contributed by atoms with Crippen LogP contribution in [0.4, 0.5) is 0 Å². The fourth-order valence-electron chi connectivity index (χ4n) is 2.98. The lowest BCUT2D eigenvalue weighted by Gasteiger charge is -2.22. The third-order valence-corrected chi connectivity index (χ3v) is 3.78. The van der Waals surface area contributed by atoms with Gasteiger partial charge in [-0.2, -0.15) is 0 Å². The van der Waals surface area contributed by atoms with Gasteiger partial charge in [-0.15, -0.1) is 0 Å². The quantitative estimate of drug-likeness (QED) is 0.665. The lowest BCUT2D eigenvalue weighted by Crippen LogP contribution is -2.05. The molecule has 1 aliphatic rings. The van der Waals surface area contributed by atoms with Gasteiger partial charge in [0.05, 0.1) is 7.11 Å². The van der Waals surface area contributed by atoms with E-state index in [0.29, 0.717) is 18.1 Å². The maximum atomic E-state index is 10.0. The van der Waals surface area contributed by atoms with Crippen molar-refractivity contribution in [3.8, 4) is 23.0 Å². The average molecular weight is 268 g/mol. The first-order valence-electron chi connectivity index (χ1n) is 6.30. The van der Waals surface area contributed by atoms with Crippen molar-refractivity contribution in [1.82, 2.24) is 0 Å². The van der Waals surface area contributed by atoms with Crippen LogP contribution < -0.4 is 9.47 Å². The number of aromatic hydroxyl groups is 2. The molecule has 1 heterocycles. The van der Waals surface area contributed by atoms with E-state index in [1.54, 1.807) is 18.2 Å². The van der Waals surface area contributed by atoms with E-state index in [-0.39, 0.29) is 11.5 Å². The normalized spacial score (nSPS) is 12.8. The van der Waals surface area contributed by atoms with Crippen LogP contribution in [-0.2, 0) is 6.61 Å². The van der Waals surface area contributed by atoms with Gasteiger partial charge in [0, 0.05) is 22.4 Å². The molecule has 0 fully saturated rings. The molecule has 3 aromatic rings. The van der Waals surface area contributed by atoms with Gasteiger partial charge in [-0.3, -0.25) is 0 Å². The minimum Gasteiger partial charge on any atom is -0.508 e. The van der Waals surface area contributed by atoms with Gasteiger partial charge in [0.2, 0.25) is 0 Å². The monoisotopic (exact) mass is 268 g/mol. The third-order valence-electron chi connectivity index (χ3n) is 3.78. The van der Waals surface area contributed by atoms with Crippen LogP contribution in [0.3, 0.4) is 0 Å². The van der Waals surface area contributed by atoms with Gasteiger partial charge in [-0.05, 0) is 22.9 Å². The molecule has 4 heteroatoms. The summed E-state index contributed by atoms with van der Waals surface area (Å²) in [6.45, 7) is 0.309. The minimum absolute atomic E-state index is 0.111. The Balaban J connectivity index is 2.29. The van der Waals surface area contributed by atoms with Gasteiger partial charge in [-0.25, -0.2) is 0 Å². The van der Waals surface area contributed by atoms with Crippen molar-refractivity contribution in [3.05, 3.63) is 35.9 Å². The Kier molecular flexibility index (Phi) is 2.07. The van der Waals surface area contributed by atoms with Crippen molar-refractivity contribution in [3.63, 3.8) is 0 Å². The molecular weight excluding hydrogens is 256 g/mol. The van der Waals surface area contributed by atoms with E-state index < -0.39 is 0 Å². The molecule has 0 atom stereocenters. The lowest BCUT2D eigenvalue weighted by atomic mass is 9.94. The summed E-state index contributed by atoms with van der Waals surface area (Å²) in [5.74, 6) is 1.40. The van der Waals surface area contributed by atoms with Gasteiger partial charge in [0.1, 0.15) is 18.1 Å². The molecule has 100 valence electrons. The van der Waals surface area contributed by atoms with Crippen LogP contribution in [0.15, 0.2) is 30.3 Å². The maximum absolute atomic E-state index is 10.0. The number of rotatable bonds is 1. The van der Waals surface area contributed by atoms with Crippen molar-refractivity contribution >= 4 is 21.5 Å². The molecule has 0 saturated heterocycles. The van der Waals surface area contributed by atoms with Crippen molar-refractivity contribution < 1.29 is 19.7 Å². The Hall–Kier alpha value is -2.62. The van der Waals surface area contributed by atoms with Crippen LogP contribution in [-0.4, -0.2) is 17.3 Å². The molecule has 0 aromatic heterocycles. The number of ether oxygens (including phenoxy) is 2. The summed E-state index contributed by atoms with van der Waals surface area (Å²) in [6.07, 6.45) is 0. The van der Waals surface area contributed by atoms with Crippen LogP contribution in [0.2, 0.25) is 0 Å². The minimum atomic E-state index is 0.111. The van der Waals surface area contributed by atoms with Crippen LogP contribution in [0, 0.1) is 0 Å². The summed E-state index contributed by atoms with van der Waals surface area (Å²) in [5.41, 5.74) is 0.839. The second-order valence-corrected chi connectivity index (χ2v) is 4.90. The number of methoxy groups -OCH3 is 1. The molecule has 20 heavy (non-hydrogen) atoms. The summed E-state index contributed by atoms with van der Waals surface area (Å²) < 4.78 is 11.0. The molecule has 0 amide bonds. The fourth-order valence-corrected chi connectivity index (χ4v) is 2.98. The predicted octanol–water partition coefficient (Wildman–Crippen LogP) is 3.31. The topological polar surface area (TPSA) is 58.9 Å². The van der Waals surface area contributed by atoms with Crippen LogP contribution in [0.5, 0.6) is 23.0 Å². The van der Waals surface area contributed by atoms with Crippen molar-refractivity contribution in [2.24, 2.45) is 0 Å². The summed E-state index contributed by atoms with van der Waals surface area (Å²) in [7, 11) is 1.53. The zero-order chi connectivity index (χ0) is 13.9. The molecule has 3 aromatic carbocycles. The smallest absolute Gasteiger partial charge is 0.167 e. The summed E-state index contributed by atoms with van der Waals surface area (Å²) in [6, 6.07) is 8.85. The van der Waals surface area contributed by atoms with Crippen LogP contribution >= 0.6 is 0 Å². The fraction of sp³-hybridized carbons (Fsp3) is 0.125. The standard InChI is InChI=1S/C16H12O4/c1-19-16-11-7-20-13-6-10(17)4-8-2-3-9(5-12(16)18)14(11)15(8)13/h2-6,17-18H,7H2,1H3. The van der Waals surface area contributed by atoms with E-state index in [1.807, 2.05) is 12.1 Å². The molecule has 0 spiro atoms. The summed E-state index contributed by atoms with van der Waals surface area (Å²) in [5, 5.41) is 23.6. The van der Waals surface area contributed by atoms with Crippen molar-refractivity contribution in [1.29, 1.82) is 0 Å². The van der Waals surface area contributed by atoms with E-state index in [2.05, 4.69) is 0 Å². The summed E-state index contributed by atoms with van der Waals surface area (Å²) in [4.78, 5) is 0. The molecule has 1 aliphatic heterocycles. The van der Waals surface area contributed by atoms with Gasteiger partial charge in [0.15, 0.2) is 11.5 Å². The summed E-state index contributed by atoms with van der Waals surface area (Å²) >= 11 is 0. The second kappa shape index (κ2) is 3.70. The molecule has 0 unspecified atom stereocenters. The molecule has 0 radical (unpaired) electrons. The number of phenolic OH excluding ortho intramolecular Hbond substituents is 2. The highest BCUT2D eigenvalue weighted by atomic mass is 16.5. The van der Waals surface area contributed by atoms with E-state index in [9.17, 15) is 10.2 Å². The molecule has 0 bridgehead atoms. The highest BCUT2D eigenvalue weighted by Gasteiger charge is 2.22. The Labute approximate surface area is 114 Å². The molecule has 0 aliphatic carbocycles. The van der Waals surface area contributed by atoms with E-state index in [4.69, 9.17) is 9.47 Å². The van der Waals surface area contributed by atoms with Crippen LogP contribution in [0.25, 0.3) is 21.5 Å². The molecule has 2 N–H and O–H groups in total. The third kappa shape index (κ3) is 1.30. The predicted molar refractivity (Wildman–Crippen MR) is 75.7 cm³/mol. The van der Waals surface area contributed by atoms with Crippen molar-refractivity contribution in [2.45, 2.75) is 6.61 Å². The largest absolute Gasteiger partial charge is 0.508 e. The van der Waals surface area contributed by atoms with Gasteiger partial charge in [0.25, 0.3) is 0 Å². The highest BCUT2D eigenvalue weighted by molar-refractivity contribution is 6.14. The zero-order valence-electron chi connectivity index (χ0n) is 10.8. The Bertz CT molecular complexity index is 868.